The fraction of sp³-hybridized carbons (Fsp3) is 0. The minimum Gasteiger partial charge on any atom is -0.423 e. The molecule has 2 aromatic rings. The number of benzene rings is 1. The Kier molecular flexibility index (Phi) is 4.64. The van der Waals surface area contributed by atoms with E-state index < -0.39 is 0 Å². The van der Waals surface area contributed by atoms with E-state index in [1.165, 1.54) is 18.3 Å². The molecule has 0 bridgehead atoms. The maximum atomic E-state index is 8.60. The quantitative estimate of drug-likeness (QED) is 0.281. The van der Waals surface area contributed by atoms with Crippen LogP contribution in [0.5, 0.6) is 11.8 Å². The van der Waals surface area contributed by atoms with E-state index in [9.17, 15) is 0 Å². The average Bonchev–Trinajstić information content (AvgIpc) is 2.44. The Hall–Kier alpha value is -1.57. The number of aromatic nitrogens is 2. The zero-order valence-electron chi connectivity index (χ0n) is 9.72. The largest absolute Gasteiger partial charge is 0.423 e. The molecule has 3 N–H and O–H groups in total. The lowest BCUT2D eigenvalue weighted by molar-refractivity contribution is 0.318. The predicted octanol–water partition coefficient (Wildman–Crippen LogP) is 3.43. The second-order valence-electron chi connectivity index (χ2n) is 3.51. The topological polar surface area (TPSA) is 93.6 Å². The second-order valence-corrected chi connectivity index (χ2v) is 5.18. The third kappa shape index (κ3) is 3.30. The molecule has 1 aromatic heterocycles. The molecule has 0 saturated heterocycles. The number of oxime groups is 1. The molecule has 20 heavy (non-hydrogen) atoms. The van der Waals surface area contributed by atoms with Crippen LogP contribution in [0.3, 0.4) is 0 Å². The van der Waals surface area contributed by atoms with Gasteiger partial charge in [0.15, 0.2) is 11.6 Å². The zero-order valence-corrected chi connectivity index (χ0v) is 12.8. The lowest BCUT2D eigenvalue weighted by atomic mass is 10.3. The number of hydrogen-bond acceptors (Lipinski definition) is 5. The number of nitrogens with two attached hydrogens (primary N) is 1. The van der Waals surface area contributed by atoms with Crippen LogP contribution in [0, 0.1) is 0 Å². The van der Waals surface area contributed by atoms with Gasteiger partial charge in [0, 0.05) is 16.7 Å². The van der Waals surface area contributed by atoms with Crippen LogP contribution in [0.2, 0.25) is 10.0 Å². The van der Waals surface area contributed by atoms with E-state index in [1.54, 1.807) is 6.07 Å². The minimum atomic E-state index is -0.155. The van der Waals surface area contributed by atoms with Crippen molar-refractivity contribution in [2.75, 3.05) is 0 Å². The molecule has 0 radical (unpaired) electrons. The minimum absolute atomic E-state index is 0.00520. The van der Waals surface area contributed by atoms with Crippen molar-refractivity contribution in [2.45, 2.75) is 0 Å². The maximum Gasteiger partial charge on any atom is 0.322 e. The monoisotopic (exact) mass is 376 g/mol. The first-order chi connectivity index (χ1) is 9.51. The summed E-state index contributed by atoms with van der Waals surface area (Å²) in [5.74, 6) is 0.133. The standard InChI is InChI=1S/C11H7BrCl2N4O2/c12-5-3-7(14)9(4-6(5)13)20-11-16-2-1-8(17-11)10(15)18-19/h1-4,19H,(H2,15,18). The number of amidine groups is 1. The molecule has 0 unspecified atom stereocenters. The molecule has 0 aliphatic carbocycles. The van der Waals surface area contributed by atoms with Crippen LogP contribution < -0.4 is 10.5 Å². The van der Waals surface area contributed by atoms with Crippen molar-refractivity contribution >= 4 is 45.0 Å². The van der Waals surface area contributed by atoms with Gasteiger partial charge in [0.1, 0.15) is 5.69 Å². The molecule has 0 saturated carbocycles. The summed E-state index contributed by atoms with van der Waals surface area (Å²) in [6, 6.07) is 4.58. The Morgan fingerprint density at radius 1 is 1.35 bits per heavy atom. The Bertz CT molecular complexity index is 681. The first-order valence-electron chi connectivity index (χ1n) is 5.14. The Labute approximate surface area is 132 Å². The van der Waals surface area contributed by atoms with Crippen LogP contribution in [0.15, 0.2) is 34.0 Å². The molecule has 0 spiro atoms. The van der Waals surface area contributed by atoms with Gasteiger partial charge >= 0.3 is 6.01 Å². The van der Waals surface area contributed by atoms with Gasteiger partial charge in [-0.2, -0.15) is 4.98 Å². The SMILES string of the molecule is N/C(=N/O)c1ccnc(Oc2cc(Cl)c(Br)cc2Cl)n1. The average molecular weight is 378 g/mol. The van der Waals surface area contributed by atoms with E-state index >= 15 is 0 Å². The normalized spacial score (nSPS) is 11.4. The number of hydrogen-bond donors (Lipinski definition) is 2. The summed E-state index contributed by atoms with van der Waals surface area (Å²) in [5, 5.41) is 12.2. The van der Waals surface area contributed by atoms with E-state index in [-0.39, 0.29) is 23.3 Å². The highest BCUT2D eigenvalue weighted by atomic mass is 79.9. The van der Waals surface area contributed by atoms with Crippen molar-refractivity contribution in [3.63, 3.8) is 0 Å². The molecule has 9 heteroatoms. The van der Waals surface area contributed by atoms with Crippen molar-refractivity contribution < 1.29 is 9.94 Å². The van der Waals surface area contributed by atoms with Gasteiger partial charge in [-0.3, -0.25) is 0 Å². The number of rotatable bonds is 3. The van der Waals surface area contributed by atoms with Crippen molar-refractivity contribution in [1.29, 1.82) is 0 Å². The maximum absolute atomic E-state index is 8.60. The summed E-state index contributed by atoms with van der Waals surface area (Å²) >= 11 is 15.2. The number of nitrogens with zero attached hydrogens (tertiary/aromatic N) is 3. The third-order valence-corrected chi connectivity index (χ3v) is 3.67. The first kappa shape index (κ1) is 14.8. The molecule has 6 nitrogen and oxygen atoms in total. The first-order valence-corrected chi connectivity index (χ1v) is 6.69. The lowest BCUT2D eigenvalue weighted by Crippen LogP contribution is -2.15. The molecular weight excluding hydrogens is 371 g/mol. The van der Waals surface area contributed by atoms with Crippen molar-refractivity contribution in [3.05, 3.63) is 44.6 Å². The lowest BCUT2D eigenvalue weighted by Gasteiger charge is -2.08. The molecule has 0 aliphatic rings. The van der Waals surface area contributed by atoms with Gasteiger partial charge in [0.2, 0.25) is 0 Å². The van der Waals surface area contributed by atoms with E-state index in [2.05, 4.69) is 31.1 Å². The molecule has 0 atom stereocenters. The Morgan fingerprint density at radius 3 is 2.80 bits per heavy atom. The van der Waals surface area contributed by atoms with E-state index in [1.807, 2.05) is 0 Å². The fourth-order valence-corrected chi connectivity index (χ4v) is 2.10. The van der Waals surface area contributed by atoms with E-state index in [0.29, 0.717) is 14.5 Å². The number of ether oxygens (including phenoxy) is 1. The molecule has 0 amide bonds. The fourth-order valence-electron chi connectivity index (χ4n) is 1.26. The van der Waals surface area contributed by atoms with Gasteiger partial charge in [0.25, 0.3) is 0 Å². The summed E-state index contributed by atoms with van der Waals surface area (Å²) in [7, 11) is 0. The third-order valence-electron chi connectivity index (χ3n) is 2.18. The van der Waals surface area contributed by atoms with Crippen molar-refractivity contribution in [1.82, 2.24) is 9.97 Å². The summed E-state index contributed by atoms with van der Waals surface area (Å²) in [6.07, 6.45) is 1.41. The summed E-state index contributed by atoms with van der Waals surface area (Å²) in [4.78, 5) is 7.88. The molecule has 1 heterocycles. The number of halogens is 3. The Morgan fingerprint density at radius 2 is 2.10 bits per heavy atom. The summed E-state index contributed by atoms with van der Waals surface area (Å²) < 4.78 is 6.07. The highest BCUT2D eigenvalue weighted by molar-refractivity contribution is 9.10. The van der Waals surface area contributed by atoms with Crippen molar-refractivity contribution in [3.8, 4) is 11.8 Å². The van der Waals surface area contributed by atoms with Crippen LogP contribution in [-0.4, -0.2) is 21.0 Å². The van der Waals surface area contributed by atoms with Gasteiger partial charge in [-0.1, -0.05) is 28.4 Å². The van der Waals surface area contributed by atoms with Crippen LogP contribution in [0.25, 0.3) is 0 Å². The molecule has 2 rings (SSSR count). The van der Waals surface area contributed by atoms with Gasteiger partial charge < -0.3 is 15.7 Å². The van der Waals surface area contributed by atoms with Crippen LogP contribution in [-0.2, 0) is 0 Å². The van der Waals surface area contributed by atoms with Gasteiger partial charge in [0.05, 0.1) is 10.0 Å². The summed E-state index contributed by atoms with van der Waals surface area (Å²) in [6.45, 7) is 0. The van der Waals surface area contributed by atoms with Gasteiger partial charge in [-0.05, 0) is 28.1 Å². The van der Waals surface area contributed by atoms with Gasteiger partial charge in [-0.15, -0.1) is 0 Å². The van der Waals surface area contributed by atoms with Crippen LogP contribution in [0.1, 0.15) is 5.69 Å². The smallest absolute Gasteiger partial charge is 0.322 e. The summed E-state index contributed by atoms with van der Waals surface area (Å²) in [5.41, 5.74) is 5.65. The van der Waals surface area contributed by atoms with E-state index in [0.717, 1.165) is 0 Å². The molecular formula is C11H7BrCl2N4O2. The molecule has 1 aromatic carbocycles. The van der Waals surface area contributed by atoms with Gasteiger partial charge in [-0.25, -0.2) is 4.98 Å². The molecule has 0 aliphatic heterocycles. The molecule has 104 valence electrons. The van der Waals surface area contributed by atoms with Crippen LogP contribution in [0.4, 0.5) is 0 Å². The zero-order chi connectivity index (χ0) is 14.7. The predicted molar refractivity (Wildman–Crippen MR) is 78.8 cm³/mol. The highest BCUT2D eigenvalue weighted by Crippen LogP contribution is 2.35. The highest BCUT2D eigenvalue weighted by Gasteiger charge is 2.11. The van der Waals surface area contributed by atoms with Crippen LogP contribution >= 0.6 is 39.1 Å². The molecule has 0 fully saturated rings. The van der Waals surface area contributed by atoms with Crippen molar-refractivity contribution in [2.24, 2.45) is 10.9 Å². The Balaban J connectivity index is 2.33. The second kappa shape index (κ2) is 6.25. The van der Waals surface area contributed by atoms with E-state index in [4.69, 9.17) is 38.9 Å².